The van der Waals surface area contributed by atoms with E-state index in [4.69, 9.17) is 4.84 Å². The Hall–Kier alpha value is -1.71. The van der Waals surface area contributed by atoms with Crippen molar-refractivity contribution in [1.29, 1.82) is 0 Å². The normalized spacial score (nSPS) is 26.9. The second-order valence-electron chi connectivity index (χ2n) is 5.72. The molecule has 2 aromatic rings. The van der Waals surface area contributed by atoms with Gasteiger partial charge in [-0.3, -0.25) is 9.82 Å². The summed E-state index contributed by atoms with van der Waals surface area (Å²) in [6.07, 6.45) is 4.77. The SMILES string of the molecule is Cc1ccc([C@H]2C[C@](C)(c3cccnc3)N(C)O2)cc1. The minimum atomic E-state index is -0.135. The lowest BCUT2D eigenvalue weighted by Crippen LogP contribution is -2.34. The molecule has 3 rings (SSSR count). The number of hydrogen-bond acceptors (Lipinski definition) is 3. The Bertz CT molecular complexity index is 582. The maximum Gasteiger partial charge on any atom is 0.106 e. The highest BCUT2D eigenvalue weighted by molar-refractivity contribution is 5.27. The predicted octanol–water partition coefficient (Wildman–Crippen LogP) is 3.61. The zero-order valence-electron chi connectivity index (χ0n) is 12.2. The Morgan fingerprint density at radius 1 is 1.25 bits per heavy atom. The van der Waals surface area contributed by atoms with Crippen LogP contribution in [-0.2, 0) is 10.4 Å². The molecule has 1 aliphatic rings. The van der Waals surface area contributed by atoms with E-state index in [0.29, 0.717) is 0 Å². The fourth-order valence-electron chi connectivity index (χ4n) is 2.77. The molecule has 0 bridgehead atoms. The first-order valence-electron chi connectivity index (χ1n) is 6.97. The molecule has 2 heterocycles. The lowest BCUT2D eigenvalue weighted by molar-refractivity contribution is -0.169. The van der Waals surface area contributed by atoms with Crippen molar-refractivity contribution >= 4 is 0 Å². The van der Waals surface area contributed by atoms with Gasteiger partial charge in [0.15, 0.2) is 0 Å². The van der Waals surface area contributed by atoms with Gasteiger partial charge < -0.3 is 0 Å². The first-order valence-corrected chi connectivity index (χ1v) is 6.97. The Balaban J connectivity index is 1.88. The van der Waals surface area contributed by atoms with Crippen molar-refractivity contribution in [3.05, 3.63) is 65.5 Å². The molecule has 1 aliphatic heterocycles. The Morgan fingerprint density at radius 3 is 2.65 bits per heavy atom. The maximum absolute atomic E-state index is 6.06. The molecule has 104 valence electrons. The van der Waals surface area contributed by atoms with E-state index < -0.39 is 0 Å². The zero-order valence-corrected chi connectivity index (χ0v) is 12.2. The third-order valence-corrected chi connectivity index (χ3v) is 4.30. The molecule has 0 N–H and O–H groups in total. The Labute approximate surface area is 120 Å². The third-order valence-electron chi connectivity index (χ3n) is 4.30. The third kappa shape index (κ3) is 2.23. The Kier molecular flexibility index (Phi) is 3.32. The molecule has 1 aromatic carbocycles. The highest BCUT2D eigenvalue weighted by Gasteiger charge is 2.43. The Morgan fingerprint density at radius 2 is 2.00 bits per heavy atom. The molecule has 0 unspecified atom stereocenters. The first kappa shape index (κ1) is 13.3. The van der Waals surface area contributed by atoms with Crippen LogP contribution in [0.5, 0.6) is 0 Å². The van der Waals surface area contributed by atoms with Crippen LogP contribution in [0.4, 0.5) is 0 Å². The largest absolute Gasteiger partial charge is 0.290 e. The van der Waals surface area contributed by atoms with Crippen LogP contribution in [0.1, 0.15) is 36.1 Å². The highest BCUT2D eigenvalue weighted by Crippen LogP contribution is 2.44. The minimum absolute atomic E-state index is 0.103. The van der Waals surface area contributed by atoms with Crippen molar-refractivity contribution in [2.24, 2.45) is 0 Å². The number of hydrogen-bond donors (Lipinski definition) is 0. The van der Waals surface area contributed by atoms with Gasteiger partial charge >= 0.3 is 0 Å². The number of nitrogens with zero attached hydrogens (tertiary/aromatic N) is 2. The van der Waals surface area contributed by atoms with Gasteiger partial charge in [0, 0.05) is 25.9 Å². The summed E-state index contributed by atoms with van der Waals surface area (Å²) in [5, 5.41) is 1.97. The molecular weight excluding hydrogens is 248 g/mol. The summed E-state index contributed by atoms with van der Waals surface area (Å²) >= 11 is 0. The molecule has 0 saturated carbocycles. The van der Waals surface area contributed by atoms with Crippen LogP contribution in [-0.4, -0.2) is 17.1 Å². The van der Waals surface area contributed by atoms with E-state index in [2.05, 4.69) is 49.2 Å². The van der Waals surface area contributed by atoms with Gasteiger partial charge in [-0.25, -0.2) is 0 Å². The van der Waals surface area contributed by atoms with Gasteiger partial charge in [-0.2, -0.15) is 5.06 Å². The van der Waals surface area contributed by atoms with Crippen LogP contribution < -0.4 is 0 Å². The average molecular weight is 268 g/mol. The van der Waals surface area contributed by atoms with E-state index in [1.165, 1.54) is 16.7 Å². The van der Waals surface area contributed by atoms with Crippen molar-refractivity contribution in [3.63, 3.8) is 0 Å². The van der Waals surface area contributed by atoms with Crippen LogP contribution >= 0.6 is 0 Å². The van der Waals surface area contributed by atoms with Crippen LogP contribution in [0.25, 0.3) is 0 Å². The topological polar surface area (TPSA) is 25.4 Å². The van der Waals surface area contributed by atoms with E-state index in [1.807, 2.05) is 24.4 Å². The van der Waals surface area contributed by atoms with Gasteiger partial charge in [-0.15, -0.1) is 0 Å². The fourth-order valence-corrected chi connectivity index (χ4v) is 2.77. The number of aromatic nitrogens is 1. The van der Waals surface area contributed by atoms with Crippen LogP contribution in [0.3, 0.4) is 0 Å². The van der Waals surface area contributed by atoms with Gasteiger partial charge in [-0.05, 0) is 31.0 Å². The molecule has 3 heteroatoms. The van der Waals surface area contributed by atoms with Gasteiger partial charge in [0.1, 0.15) is 6.10 Å². The van der Waals surface area contributed by atoms with Crippen LogP contribution in [0, 0.1) is 6.92 Å². The molecule has 20 heavy (non-hydrogen) atoms. The van der Waals surface area contributed by atoms with E-state index >= 15 is 0 Å². The van der Waals surface area contributed by atoms with Gasteiger partial charge in [0.2, 0.25) is 0 Å². The number of pyridine rings is 1. The van der Waals surface area contributed by atoms with Crippen molar-refractivity contribution in [2.45, 2.75) is 31.9 Å². The lowest BCUT2D eigenvalue weighted by atomic mass is 9.86. The fraction of sp³-hybridized carbons (Fsp3) is 0.353. The molecule has 3 nitrogen and oxygen atoms in total. The van der Waals surface area contributed by atoms with Crippen molar-refractivity contribution in [3.8, 4) is 0 Å². The molecule has 0 spiro atoms. The number of rotatable bonds is 2. The van der Waals surface area contributed by atoms with E-state index in [1.54, 1.807) is 6.20 Å². The monoisotopic (exact) mass is 268 g/mol. The lowest BCUT2D eigenvalue weighted by Gasteiger charge is -2.29. The second kappa shape index (κ2) is 5.00. The summed E-state index contributed by atoms with van der Waals surface area (Å²) in [6, 6.07) is 12.7. The molecule has 0 radical (unpaired) electrons. The van der Waals surface area contributed by atoms with E-state index in [-0.39, 0.29) is 11.6 Å². The number of aryl methyl sites for hydroxylation is 1. The molecule has 2 atom stereocenters. The summed E-state index contributed by atoms with van der Waals surface area (Å²) in [5.74, 6) is 0. The summed E-state index contributed by atoms with van der Waals surface area (Å²) in [4.78, 5) is 10.3. The van der Waals surface area contributed by atoms with Crippen molar-refractivity contribution in [1.82, 2.24) is 10.0 Å². The number of benzene rings is 1. The minimum Gasteiger partial charge on any atom is -0.290 e. The van der Waals surface area contributed by atoms with Gasteiger partial charge in [-0.1, -0.05) is 35.9 Å². The molecule has 1 fully saturated rings. The van der Waals surface area contributed by atoms with E-state index in [9.17, 15) is 0 Å². The summed E-state index contributed by atoms with van der Waals surface area (Å²) in [7, 11) is 2.00. The first-order chi connectivity index (χ1) is 9.59. The molecule has 1 aromatic heterocycles. The highest BCUT2D eigenvalue weighted by atomic mass is 16.7. The standard InChI is InChI=1S/C17H20N2O/c1-13-6-8-14(9-7-13)16-11-17(2,19(3)20-16)15-5-4-10-18-12-15/h4-10,12,16H,11H2,1-3H3/t16-,17-/m1/s1. The van der Waals surface area contributed by atoms with E-state index in [0.717, 1.165) is 6.42 Å². The molecular formula is C17H20N2O. The van der Waals surface area contributed by atoms with Crippen molar-refractivity contribution in [2.75, 3.05) is 7.05 Å². The molecule has 0 aliphatic carbocycles. The number of hydroxylamine groups is 2. The summed E-state index contributed by atoms with van der Waals surface area (Å²) in [6.45, 7) is 4.31. The second-order valence-corrected chi connectivity index (χ2v) is 5.72. The van der Waals surface area contributed by atoms with Gasteiger partial charge in [0.25, 0.3) is 0 Å². The average Bonchev–Trinajstić information content (AvgIpc) is 2.78. The summed E-state index contributed by atoms with van der Waals surface area (Å²) in [5.41, 5.74) is 3.56. The maximum atomic E-state index is 6.06. The summed E-state index contributed by atoms with van der Waals surface area (Å²) < 4.78 is 0. The zero-order chi connectivity index (χ0) is 14.2. The smallest absolute Gasteiger partial charge is 0.106 e. The van der Waals surface area contributed by atoms with Gasteiger partial charge in [0.05, 0.1) is 5.54 Å². The molecule has 1 saturated heterocycles. The van der Waals surface area contributed by atoms with Crippen molar-refractivity contribution < 1.29 is 4.84 Å². The van der Waals surface area contributed by atoms with Crippen LogP contribution in [0.2, 0.25) is 0 Å². The quantitative estimate of drug-likeness (QED) is 0.832. The predicted molar refractivity (Wildman–Crippen MR) is 79.0 cm³/mol. The van der Waals surface area contributed by atoms with Crippen LogP contribution in [0.15, 0.2) is 48.8 Å². The molecule has 0 amide bonds.